The van der Waals surface area contributed by atoms with Gasteiger partial charge in [0.1, 0.15) is 6.10 Å². The molecule has 1 aliphatic rings. The molecule has 26 heavy (non-hydrogen) atoms. The number of aryl methyl sites for hydroxylation is 1. The molecule has 1 saturated heterocycles. The normalized spacial score (nSPS) is 16.3. The van der Waals surface area contributed by atoms with Crippen LogP contribution < -0.4 is 14.8 Å². The molecule has 1 N–H and O–H groups in total. The molecule has 2 heterocycles. The number of hydrogen-bond acceptors (Lipinski definition) is 5. The minimum absolute atomic E-state index is 0.0408. The zero-order valence-electron chi connectivity index (χ0n) is 14.9. The van der Waals surface area contributed by atoms with Gasteiger partial charge in [-0.05, 0) is 18.4 Å². The van der Waals surface area contributed by atoms with E-state index < -0.39 is 0 Å². The van der Waals surface area contributed by atoms with Crippen LogP contribution >= 0.6 is 0 Å². The van der Waals surface area contributed by atoms with Gasteiger partial charge in [0.15, 0.2) is 0 Å². The van der Waals surface area contributed by atoms with Crippen LogP contribution in [-0.2, 0) is 6.42 Å². The molecule has 2 amide bonds. The number of nitrogens with zero attached hydrogens (tertiary/aromatic N) is 3. The highest BCUT2D eigenvalue weighted by atomic mass is 16.5. The Morgan fingerprint density at radius 3 is 2.88 bits per heavy atom. The Labute approximate surface area is 153 Å². The van der Waals surface area contributed by atoms with E-state index in [1.807, 2.05) is 18.2 Å². The van der Waals surface area contributed by atoms with Crippen LogP contribution in [0, 0.1) is 0 Å². The minimum Gasteiger partial charge on any atom is -0.480 e. The van der Waals surface area contributed by atoms with Crippen molar-refractivity contribution in [2.24, 2.45) is 0 Å². The van der Waals surface area contributed by atoms with Crippen molar-refractivity contribution in [3.63, 3.8) is 0 Å². The highest BCUT2D eigenvalue weighted by molar-refractivity contribution is 5.74. The molecule has 0 saturated carbocycles. The molecular formula is C19H24N4O3. The summed E-state index contributed by atoms with van der Waals surface area (Å²) in [5.41, 5.74) is 1.29. The summed E-state index contributed by atoms with van der Waals surface area (Å²) in [5.74, 6) is 0.827. The predicted octanol–water partition coefficient (Wildman–Crippen LogP) is 2.28. The Morgan fingerprint density at radius 2 is 2.08 bits per heavy atom. The van der Waals surface area contributed by atoms with Gasteiger partial charge in [0.2, 0.25) is 11.8 Å². The topological polar surface area (TPSA) is 76.6 Å². The van der Waals surface area contributed by atoms with Gasteiger partial charge in [-0.3, -0.25) is 4.98 Å². The Bertz CT molecular complexity index is 711. The number of amides is 2. The molecule has 7 heteroatoms. The molecule has 1 aromatic heterocycles. The number of ether oxygens (including phenoxy) is 2. The second-order valence-electron chi connectivity index (χ2n) is 6.20. The van der Waals surface area contributed by atoms with E-state index in [-0.39, 0.29) is 12.1 Å². The molecule has 0 radical (unpaired) electrons. The first-order chi connectivity index (χ1) is 12.7. The third-order valence-electron chi connectivity index (χ3n) is 4.28. The van der Waals surface area contributed by atoms with Gasteiger partial charge in [-0.15, -0.1) is 0 Å². The molecule has 1 unspecified atom stereocenters. The van der Waals surface area contributed by atoms with Crippen molar-refractivity contribution in [3.8, 4) is 11.8 Å². The van der Waals surface area contributed by atoms with Gasteiger partial charge in [-0.25, -0.2) is 4.79 Å². The zero-order chi connectivity index (χ0) is 18.2. The highest BCUT2D eigenvalue weighted by Gasteiger charge is 2.27. The fourth-order valence-corrected chi connectivity index (χ4v) is 2.91. The summed E-state index contributed by atoms with van der Waals surface area (Å²) in [4.78, 5) is 22.3. The van der Waals surface area contributed by atoms with Crippen LogP contribution in [0.5, 0.6) is 11.8 Å². The van der Waals surface area contributed by atoms with Crippen molar-refractivity contribution in [1.82, 2.24) is 20.2 Å². The lowest BCUT2D eigenvalue weighted by molar-refractivity contribution is 0.181. The van der Waals surface area contributed by atoms with E-state index >= 15 is 0 Å². The average molecular weight is 356 g/mol. The van der Waals surface area contributed by atoms with Crippen LogP contribution in [0.2, 0.25) is 0 Å². The molecule has 138 valence electrons. The molecule has 0 spiro atoms. The van der Waals surface area contributed by atoms with E-state index in [4.69, 9.17) is 9.47 Å². The first-order valence-corrected chi connectivity index (χ1v) is 8.84. The number of benzene rings is 1. The van der Waals surface area contributed by atoms with Crippen molar-refractivity contribution in [3.05, 3.63) is 48.3 Å². The molecular weight excluding hydrogens is 332 g/mol. The molecule has 2 aromatic rings. The van der Waals surface area contributed by atoms with Crippen LogP contribution in [0.15, 0.2) is 42.7 Å². The Hall–Kier alpha value is -2.83. The third kappa shape index (κ3) is 5.08. The van der Waals surface area contributed by atoms with Crippen molar-refractivity contribution in [2.75, 3.05) is 26.7 Å². The zero-order valence-corrected chi connectivity index (χ0v) is 14.9. The number of aromatic nitrogens is 2. The smallest absolute Gasteiger partial charge is 0.317 e. The lowest BCUT2D eigenvalue weighted by Gasteiger charge is -2.17. The molecule has 0 aliphatic carbocycles. The Morgan fingerprint density at radius 1 is 1.27 bits per heavy atom. The van der Waals surface area contributed by atoms with Crippen molar-refractivity contribution >= 4 is 6.03 Å². The highest BCUT2D eigenvalue weighted by Crippen LogP contribution is 2.18. The number of methoxy groups -OCH3 is 1. The largest absolute Gasteiger partial charge is 0.480 e. The number of hydrogen-bond donors (Lipinski definition) is 1. The Kier molecular flexibility index (Phi) is 6.24. The molecule has 1 atom stereocenters. The summed E-state index contributed by atoms with van der Waals surface area (Å²) in [5, 5.41) is 2.98. The van der Waals surface area contributed by atoms with E-state index in [0.717, 1.165) is 19.3 Å². The molecule has 3 rings (SSSR count). The predicted molar refractivity (Wildman–Crippen MR) is 97.4 cm³/mol. The van der Waals surface area contributed by atoms with E-state index in [0.29, 0.717) is 31.4 Å². The van der Waals surface area contributed by atoms with Crippen LogP contribution in [0.4, 0.5) is 4.79 Å². The number of likely N-dealkylation sites (tertiary alicyclic amines) is 1. The third-order valence-corrected chi connectivity index (χ3v) is 4.28. The fourth-order valence-electron chi connectivity index (χ4n) is 2.91. The average Bonchev–Trinajstić information content (AvgIpc) is 3.14. The van der Waals surface area contributed by atoms with Gasteiger partial charge in [-0.1, -0.05) is 30.3 Å². The summed E-state index contributed by atoms with van der Waals surface area (Å²) in [6.45, 7) is 1.88. The summed E-state index contributed by atoms with van der Waals surface area (Å²) in [6.07, 6.45) is 5.65. The van der Waals surface area contributed by atoms with Gasteiger partial charge in [0.25, 0.3) is 0 Å². The SMILES string of the molecule is COc1cncc(OC2CCN(C(=O)NCCCc3ccccc3)C2)n1. The molecule has 0 bridgehead atoms. The maximum Gasteiger partial charge on any atom is 0.317 e. The second-order valence-corrected chi connectivity index (χ2v) is 6.20. The lowest BCUT2D eigenvalue weighted by atomic mass is 10.1. The number of carbonyl (C=O) groups is 1. The van der Waals surface area contributed by atoms with Crippen molar-refractivity contribution in [1.29, 1.82) is 0 Å². The van der Waals surface area contributed by atoms with E-state index in [1.54, 1.807) is 11.1 Å². The number of nitrogens with one attached hydrogen (secondary N) is 1. The quantitative estimate of drug-likeness (QED) is 0.770. The number of urea groups is 1. The minimum atomic E-state index is -0.0773. The summed E-state index contributed by atoms with van der Waals surface area (Å²) in [7, 11) is 1.53. The number of carbonyl (C=O) groups excluding carboxylic acids is 1. The maximum atomic E-state index is 12.3. The van der Waals surface area contributed by atoms with E-state index in [1.165, 1.54) is 18.9 Å². The van der Waals surface area contributed by atoms with Crippen LogP contribution in [0.3, 0.4) is 0 Å². The van der Waals surface area contributed by atoms with Gasteiger partial charge >= 0.3 is 6.03 Å². The first kappa shape index (κ1) is 18.0. The van der Waals surface area contributed by atoms with Gasteiger partial charge < -0.3 is 19.7 Å². The summed E-state index contributed by atoms with van der Waals surface area (Å²) in [6, 6.07) is 10.2. The summed E-state index contributed by atoms with van der Waals surface area (Å²) < 4.78 is 10.8. The fraction of sp³-hybridized carbons (Fsp3) is 0.421. The van der Waals surface area contributed by atoms with Crippen molar-refractivity contribution < 1.29 is 14.3 Å². The molecule has 1 fully saturated rings. The molecule has 7 nitrogen and oxygen atoms in total. The number of rotatable bonds is 7. The Balaban J connectivity index is 1.38. The first-order valence-electron chi connectivity index (χ1n) is 8.84. The van der Waals surface area contributed by atoms with Crippen LogP contribution in [-0.4, -0.2) is 53.7 Å². The van der Waals surface area contributed by atoms with Crippen LogP contribution in [0.25, 0.3) is 0 Å². The lowest BCUT2D eigenvalue weighted by Crippen LogP contribution is -2.39. The summed E-state index contributed by atoms with van der Waals surface area (Å²) >= 11 is 0. The van der Waals surface area contributed by atoms with E-state index in [9.17, 15) is 4.79 Å². The van der Waals surface area contributed by atoms with Gasteiger partial charge in [-0.2, -0.15) is 4.98 Å². The monoisotopic (exact) mass is 356 g/mol. The van der Waals surface area contributed by atoms with Gasteiger partial charge in [0, 0.05) is 19.5 Å². The van der Waals surface area contributed by atoms with Gasteiger partial charge in [0.05, 0.1) is 26.0 Å². The molecule has 1 aliphatic heterocycles. The van der Waals surface area contributed by atoms with Crippen molar-refractivity contribution in [2.45, 2.75) is 25.4 Å². The van der Waals surface area contributed by atoms with Crippen LogP contribution in [0.1, 0.15) is 18.4 Å². The van der Waals surface area contributed by atoms with E-state index in [2.05, 4.69) is 27.4 Å². The second kappa shape index (κ2) is 9.03. The standard InChI is InChI=1S/C19H24N4O3/c1-25-17-12-20-13-18(22-17)26-16-9-11-23(14-16)19(24)21-10-5-8-15-6-3-2-4-7-15/h2-4,6-7,12-13,16H,5,8-11,14H2,1H3,(H,21,24). The maximum absolute atomic E-state index is 12.3. The molecule has 1 aromatic carbocycles.